The van der Waals surface area contributed by atoms with E-state index >= 15 is 0 Å². The van der Waals surface area contributed by atoms with E-state index in [1.54, 1.807) is 42.8 Å². The topological polar surface area (TPSA) is 141 Å². The second-order valence-corrected chi connectivity index (χ2v) is 12.1. The van der Waals surface area contributed by atoms with Crippen molar-refractivity contribution in [2.45, 2.75) is 51.7 Å². The van der Waals surface area contributed by atoms with Crippen molar-refractivity contribution in [1.82, 2.24) is 34.4 Å². The Hall–Kier alpha value is -5.00. The number of aromatic nitrogens is 5. The van der Waals surface area contributed by atoms with Gasteiger partial charge < -0.3 is 25.5 Å². The van der Waals surface area contributed by atoms with Gasteiger partial charge in [-0.25, -0.2) is 24.1 Å². The van der Waals surface area contributed by atoms with Gasteiger partial charge in [0.1, 0.15) is 17.2 Å². The van der Waals surface area contributed by atoms with Crippen LogP contribution >= 0.6 is 0 Å². The van der Waals surface area contributed by atoms with Crippen LogP contribution in [0.5, 0.6) is 0 Å². The molecule has 11 nitrogen and oxygen atoms in total. The van der Waals surface area contributed by atoms with Gasteiger partial charge in [-0.3, -0.25) is 9.20 Å². The first kappa shape index (κ1) is 26.9. The van der Waals surface area contributed by atoms with Gasteiger partial charge in [0.05, 0.1) is 17.5 Å². The molecule has 8 rings (SSSR count). The zero-order chi connectivity index (χ0) is 30.1. The number of benzene rings is 1. The molecule has 4 N–H and O–H groups in total. The summed E-state index contributed by atoms with van der Waals surface area (Å²) in [5, 5.41) is 6.01. The quantitative estimate of drug-likeness (QED) is 0.256. The minimum Gasteiger partial charge on any atom is -0.447 e. The summed E-state index contributed by atoms with van der Waals surface area (Å²) < 4.78 is 22.7. The molecule has 3 aliphatic carbocycles. The van der Waals surface area contributed by atoms with E-state index < -0.39 is 6.09 Å². The van der Waals surface area contributed by atoms with Crippen molar-refractivity contribution >= 4 is 29.1 Å². The van der Waals surface area contributed by atoms with Gasteiger partial charge in [0.25, 0.3) is 5.91 Å². The van der Waals surface area contributed by atoms with Gasteiger partial charge in [0, 0.05) is 47.5 Å². The van der Waals surface area contributed by atoms with Gasteiger partial charge in [-0.05, 0) is 81.8 Å². The molecule has 5 aromatic rings. The number of amides is 2. The number of hydrogen-bond donors (Lipinski definition) is 3. The molecule has 4 heterocycles. The number of pyridine rings is 1. The fourth-order valence-corrected chi connectivity index (χ4v) is 6.64. The zero-order valence-electron chi connectivity index (χ0n) is 24.0. The van der Waals surface area contributed by atoms with Crippen LogP contribution in [0.15, 0.2) is 55.0 Å². The molecule has 2 amide bonds. The Bertz CT molecular complexity index is 1910. The van der Waals surface area contributed by atoms with Crippen molar-refractivity contribution < 1.29 is 18.7 Å². The van der Waals surface area contributed by atoms with Crippen LogP contribution in [0, 0.1) is 18.2 Å². The number of alkyl carbamates (subject to hydrolysis) is 1. The average Bonchev–Trinajstić information content (AvgIpc) is 3.54. The van der Waals surface area contributed by atoms with E-state index in [0.29, 0.717) is 29.1 Å². The fourth-order valence-electron chi connectivity index (χ4n) is 6.64. The molecule has 0 atom stereocenters. The van der Waals surface area contributed by atoms with Crippen molar-refractivity contribution in [3.05, 3.63) is 72.2 Å². The summed E-state index contributed by atoms with van der Waals surface area (Å²) in [4.78, 5) is 39.1. The van der Waals surface area contributed by atoms with Crippen molar-refractivity contribution in [2.75, 3.05) is 12.3 Å². The number of imidazole rings is 2. The number of halogens is 1. The maximum atomic E-state index is 13.8. The Morgan fingerprint density at radius 2 is 1.77 bits per heavy atom. The Morgan fingerprint density at radius 1 is 1.05 bits per heavy atom. The van der Waals surface area contributed by atoms with E-state index in [2.05, 4.69) is 25.6 Å². The third-order valence-electron chi connectivity index (χ3n) is 8.42. The Morgan fingerprint density at radius 3 is 2.49 bits per heavy atom. The SMILES string of the molecule is Cc1cnc2ccc(-c3c(-c4ccc(F)cc4)nc(N)c4nc(C(=O)NC56CC(CNC(=O)OC(C)C)(C5)C6)cn34)cn12. The third-order valence-corrected chi connectivity index (χ3v) is 8.42. The number of nitrogens with one attached hydrogen (secondary N) is 2. The highest BCUT2D eigenvalue weighted by Gasteiger charge is 2.68. The number of aryl methyl sites for hydroxylation is 1. The second kappa shape index (κ2) is 9.51. The standard InChI is InChI=1S/C31H31FN8O3/c1-17(2)43-29(42)35-16-30-13-31(14-30,15-30)38-28(41)22-12-40-25(20-6-9-23-34-10-18(3)39(23)11-20)24(37-26(33)27(40)36-22)19-4-7-21(32)8-5-19/h4-12,17H,13-16H2,1-3H3,(H2,33,37)(H,35,42)(H,38,41). The lowest BCUT2D eigenvalue weighted by molar-refractivity contribution is -0.143. The molecule has 1 aromatic carbocycles. The molecule has 220 valence electrons. The molecule has 2 bridgehead atoms. The lowest BCUT2D eigenvalue weighted by Gasteiger charge is -2.70. The summed E-state index contributed by atoms with van der Waals surface area (Å²) in [6, 6.07) is 9.86. The van der Waals surface area contributed by atoms with Crippen molar-refractivity contribution in [3.63, 3.8) is 0 Å². The first-order valence-corrected chi connectivity index (χ1v) is 14.2. The number of ether oxygens (including phenoxy) is 1. The number of hydrogen-bond acceptors (Lipinski definition) is 7. The Balaban J connectivity index is 1.20. The molecule has 0 aliphatic heterocycles. The number of nitrogens with zero attached hydrogens (tertiary/aromatic N) is 5. The first-order valence-electron chi connectivity index (χ1n) is 14.2. The molecule has 0 spiro atoms. The molecule has 0 radical (unpaired) electrons. The van der Waals surface area contributed by atoms with Crippen LogP contribution in [-0.2, 0) is 4.74 Å². The predicted molar refractivity (Wildman–Crippen MR) is 158 cm³/mol. The molecular weight excluding hydrogens is 551 g/mol. The fraction of sp³-hybridized carbons (Fsp3) is 0.323. The lowest BCUT2D eigenvalue weighted by Crippen LogP contribution is -2.76. The molecule has 3 aliphatic rings. The smallest absolute Gasteiger partial charge is 0.407 e. The summed E-state index contributed by atoms with van der Waals surface area (Å²) in [5.41, 5.74) is 11.0. The van der Waals surface area contributed by atoms with Crippen LogP contribution in [-0.4, -0.2) is 53.9 Å². The Labute approximate surface area is 246 Å². The molecular formula is C31H31FN8O3. The number of anilines is 1. The number of fused-ring (bicyclic) bond motifs is 2. The van der Waals surface area contributed by atoms with Crippen molar-refractivity contribution in [1.29, 1.82) is 0 Å². The van der Waals surface area contributed by atoms with Gasteiger partial charge in [-0.1, -0.05) is 0 Å². The second-order valence-electron chi connectivity index (χ2n) is 12.1. The zero-order valence-corrected chi connectivity index (χ0v) is 24.0. The molecule has 3 saturated carbocycles. The summed E-state index contributed by atoms with van der Waals surface area (Å²) in [6.45, 7) is 6.09. The van der Waals surface area contributed by atoms with E-state index in [9.17, 15) is 14.0 Å². The normalized spacial score (nSPS) is 20.6. The van der Waals surface area contributed by atoms with E-state index in [1.165, 1.54) is 12.1 Å². The summed E-state index contributed by atoms with van der Waals surface area (Å²) in [7, 11) is 0. The summed E-state index contributed by atoms with van der Waals surface area (Å²) >= 11 is 0. The number of nitrogen functional groups attached to an aromatic ring is 1. The largest absolute Gasteiger partial charge is 0.447 e. The van der Waals surface area contributed by atoms with Crippen LogP contribution in [0.3, 0.4) is 0 Å². The monoisotopic (exact) mass is 582 g/mol. The van der Waals surface area contributed by atoms with Gasteiger partial charge in [-0.2, -0.15) is 0 Å². The lowest BCUT2D eigenvalue weighted by atomic mass is 9.39. The van der Waals surface area contributed by atoms with Crippen LogP contribution in [0.2, 0.25) is 0 Å². The molecule has 4 aromatic heterocycles. The van der Waals surface area contributed by atoms with Gasteiger partial charge in [0.15, 0.2) is 11.5 Å². The third kappa shape index (κ3) is 4.53. The van der Waals surface area contributed by atoms with E-state index in [0.717, 1.165) is 36.2 Å². The first-order chi connectivity index (χ1) is 20.5. The molecule has 3 fully saturated rings. The van der Waals surface area contributed by atoms with Gasteiger partial charge >= 0.3 is 6.09 Å². The predicted octanol–water partition coefficient (Wildman–Crippen LogP) is 4.53. The molecule has 0 unspecified atom stereocenters. The van der Waals surface area contributed by atoms with Crippen LogP contribution in [0.25, 0.3) is 33.8 Å². The van der Waals surface area contributed by atoms with E-state index in [1.807, 2.05) is 29.7 Å². The Kier molecular flexibility index (Phi) is 5.94. The van der Waals surface area contributed by atoms with Crippen molar-refractivity contribution in [3.8, 4) is 22.5 Å². The number of carbonyl (C=O) groups is 2. The number of carbonyl (C=O) groups excluding carboxylic acids is 2. The highest BCUT2D eigenvalue weighted by molar-refractivity contribution is 5.95. The summed E-state index contributed by atoms with van der Waals surface area (Å²) in [6.07, 6.45) is 7.12. The van der Waals surface area contributed by atoms with Crippen LogP contribution in [0.1, 0.15) is 49.3 Å². The van der Waals surface area contributed by atoms with Gasteiger partial charge in [-0.15, -0.1) is 0 Å². The van der Waals surface area contributed by atoms with Crippen molar-refractivity contribution in [2.24, 2.45) is 5.41 Å². The minimum atomic E-state index is -0.424. The maximum absolute atomic E-state index is 13.8. The minimum absolute atomic E-state index is 0.0160. The number of nitrogens with two attached hydrogens (primary N) is 1. The average molecular weight is 583 g/mol. The van der Waals surface area contributed by atoms with E-state index in [4.69, 9.17) is 10.5 Å². The maximum Gasteiger partial charge on any atom is 0.407 e. The molecule has 0 saturated heterocycles. The molecule has 12 heteroatoms. The van der Waals surface area contributed by atoms with Crippen LogP contribution < -0.4 is 16.4 Å². The van der Waals surface area contributed by atoms with Gasteiger partial charge in [0.2, 0.25) is 0 Å². The highest BCUT2D eigenvalue weighted by Crippen LogP contribution is 2.66. The molecule has 43 heavy (non-hydrogen) atoms. The van der Waals surface area contributed by atoms with E-state index in [-0.39, 0.29) is 40.3 Å². The number of rotatable bonds is 7. The summed E-state index contributed by atoms with van der Waals surface area (Å²) in [5.74, 6) is -0.525. The highest BCUT2D eigenvalue weighted by atomic mass is 19.1. The van der Waals surface area contributed by atoms with Crippen LogP contribution in [0.4, 0.5) is 15.0 Å².